The zero-order valence-electron chi connectivity index (χ0n) is 22.6. The Bertz CT molecular complexity index is 1490. The molecule has 5 heteroatoms. The van der Waals surface area contributed by atoms with Crippen molar-refractivity contribution in [3.8, 4) is 11.5 Å². The van der Waals surface area contributed by atoms with Crippen molar-refractivity contribution in [1.82, 2.24) is 0 Å². The summed E-state index contributed by atoms with van der Waals surface area (Å²) in [7, 11) is 0. The van der Waals surface area contributed by atoms with Crippen molar-refractivity contribution in [1.29, 1.82) is 0 Å². The summed E-state index contributed by atoms with van der Waals surface area (Å²) < 4.78 is 13.0. The molecule has 0 saturated carbocycles. The van der Waals surface area contributed by atoms with Crippen LogP contribution in [0, 0.1) is 0 Å². The molecule has 4 aromatic carbocycles. The second kappa shape index (κ2) is 10.5. The average molecular weight is 519 g/mol. The van der Waals surface area contributed by atoms with Crippen LogP contribution in [0.25, 0.3) is 0 Å². The number of carbonyl (C=O) groups is 1. The maximum absolute atomic E-state index is 13.3. The molecule has 1 atom stereocenters. The van der Waals surface area contributed by atoms with Crippen LogP contribution in [0.4, 0.5) is 17.1 Å². The number of hydrogen-bond acceptors (Lipinski definition) is 5. The molecule has 0 saturated heterocycles. The molecule has 1 spiro atoms. The molecule has 0 radical (unpaired) electrons. The van der Waals surface area contributed by atoms with Crippen molar-refractivity contribution < 1.29 is 14.3 Å². The van der Waals surface area contributed by atoms with Crippen LogP contribution in [-0.4, -0.2) is 19.1 Å². The quantitative estimate of drug-likeness (QED) is 0.225. The third-order valence-electron chi connectivity index (χ3n) is 7.69. The molecular weight excluding hydrogens is 484 g/mol. The highest BCUT2D eigenvalue weighted by atomic mass is 16.6. The Morgan fingerprint density at radius 3 is 2.23 bits per heavy atom. The Balaban J connectivity index is 1.49. The number of fused-ring (bicyclic) bond motifs is 6. The zero-order chi connectivity index (χ0) is 26.8. The number of para-hydroxylation sites is 1. The Morgan fingerprint density at radius 2 is 1.46 bits per heavy atom. The van der Waals surface area contributed by atoms with Gasteiger partial charge in [0.15, 0.2) is 5.60 Å². The van der Waals surface area contributed by atoms with Gasteiger partial charge in [-0.15, -0.1) is 0 Å². The number of ether oxygens (including phenoxy) is 2. The van der Waals surface area contributed by atoms with Gasteiger partial charge in [0.1, 0.15) is 11.5 Å². The van der Waals surface area contributed by atoms with E-state index in [9.17, 15) is 4.79 Å². The van der Waals surface area contributed by atoms with E-state index in [1.165, 1.54) is 0 Å². The molecule has 0 aliphatic carbocycles. The van der Waals surface area contributed by atoms with E-state index in [2.05, 4.69) is 42.3 Å². The monoisotopic (exact) mass is 518 g/mol. The number of carbonyl (C=O) groups excluding carboxylic acids is 1. The average Bonchev–Trinajstić information content (AvgIpc) is 3.26. The van der Waals surface area contributed by atoms with Gasteiger partial charge >= 0.3 is 5.97 Å². The van der Waals surface area contributed by atoms with E-state index in [1.807, 2.05) is 72.8 Å². The van der Waals surface area contributed by atoms with Crippen molar-refractivity contribution in [3.63, 3.8) is 0 Å². The van der Waals surface area contributed by atoms with Crippen molar-refractivity contribution in [3.05, 3.63) is 113 Å². The lowest BCUT2D eigenvalue weighted by Crippen LogP contribution is -2.33. The maximum atomic E-state index is 13.3. The van der Waals surface area contributed by atoms with E-state index in [1.54, 1.807) is 0 Å². The zero-order valence-corrected chi connectivity index (χ0v) is 22.6. The summed E-state index contributed by atoms with van der Waals surface area (Å²) >= 11 is 0. The van der Waals surface area contributed by atoms with E-state index >= 15 is 0 Å². The number of benzene rings is 4. The number of esters is 1. The van der Waals surface area contributed by atoms with Crippen LogP contribution in [0.2, 0.25) is 0 Å². The summed E-state index contributed by atoms with van der Waals surface area (Å²) in [6.07, 6.45) is 4.56. The number of nitrogens with one attached hydrogen (secondary N) is 1. The Morgan fingerprint density at radius 1 is 0.718 bits per heavy atom. The summed E-state index contributed by atoms with van der Waals surface area (Å²) in [5.74, 6) is 1.10. The van der Waals surface area contributed by atoms with Crippen LogP contribution < -0.4 is 15.0 Å². The molecule has 0 aromatic heterocycles. The molecule has 1 unspecified atom stereocenters. The van der Waals surface area contributed by atoms with Gasteiger partial charge in [-0.1, -0.05) is 63.1 Å². The van der Waals surface area contributed by atoms with E-state index in [0.717, 1.165) is 78.3 Å². The number of anilines is 3. The highest BCUT2D eigenvalue weighted by molar-refractivity contribution is 5.97. The number of nitrogens with zero attached hydrogens (tertiary/aromatic N) is 1. The Labute approximate surface area is 230 Å². The van der Waals surface area contributed by atoms with Crippen LogP contribution in [0.3, 0.4) is 0 Å². The fraction of sp³-hybridized carbons (Fsp3) is 0.265. The van der Waals surface area contributed by atoms with E-state index < -0.39 is 5.60 Å². The molecule has 0 bridgehead atoms. The first kappa shape index (κ1) is 25.1. The fourth-order valence-corrected chi connectivity index (χ4v) is 5.69. The second-order valence-corrected chi connectivity index (χ2v) is 10.3. The number of rotatable bonds is 9. The molecule has 2 aliphatic rings. The van der Waals surface area contributed by atoms with Crippen LogP contribution >= 0.6 is 0 Å². The molecular formula is C34H34N2O3. The predicted molar refractivity (Wildman–Crippen MR) is 156 cm³/mol. The minimum atomic E-state index is -1.08. The number of hydrogen-bond donors (Lipinski definition) is 1. The number of unbranched alkanes of at least 4 members (excludes halogenated alkanes) is 2. The second-order valence-electron chi connectivity index (χ2n) is 10.3. The van der Waals surface area contributed by atoms with Crippen LogP contribution in [0.5, 0.6) is 11.5 Å². The Kier molecular flexibility index (Phi) is 6.74. The summed E-state index contributed by atoms with van der Waals surface area (Å²) in [6, 6.07) is 30.1. The predicted octanol–water partition coefficient (Wildman–Crippen LogP) is 8.40. The Hall–Kier alpha value is -4.25. The molecule has 0 fully saturated rings. The highest BCUT2D eigenvalue weighted by Crippen LogP contribution is 2.57. The smallest absolute Gasteiger partial charge is 0.340 e. The van der Waals surface area contributed by atoms with E-state index in [4.69, 9.17) is 9.47 Å². The lowest BCUT2D eigenvalue weighted by atomic mass is 9.77. The lowest BCUT2D eigenvalue weighted by molar-refractivity contribution is 0.0224. The third-order valence-corrected chi connectivity index (χ3v) is 7.69. The highest BCUT2D eigenvalue weighted by Gasteiger charge is 2.53. The molecule has 39 heavy (non-hydrogen) atoms. The van der Waals surface area contributed by atoms with E-state index in [-0.39, 0.29) is 5.97 Å². The topological polar surface area (TPSA) is 50.8 Å². The van der Waals surface area contributed by atoms with Crippen LogP contribution in [-0.2, 0) is 10.3 Å². The molecule has 4 aromatic rings. The molecule has 198 valence electrons. The van der Waals surface area contributed by atoms with Crippen molar-refractivity contribution in [2.24, 2.45) is 0 Å². The molecule has 2 heterocycles. The van der Waals surface area contributed by atoms with Crippen LogP contribution in [0.1, 0.15) is 66.6 Å². The normalized spacial score (nSPS) is 16.6. The van der Waals surface area contributed by atoms with Gasteiger partial charge in [0, 0.05) is 52.9 Å². The molecule has 2 aliphatic heterocycles. The van der Waals surface area contributed by atoms with Crippen molar-refractivity contribution in [2.45, 2.75) is 45.1 Å². The van der Waals surface area contributed by atoms with Crippen molar-refractivity contribution in [2.75, 3.05) is 23.3 Å². The fourth-order valence-electron chi connectivity index (χ4n) is 5.69. The standard InChI is InChI=1S/C34H34N2O3/c1-3-5-20-36(21-6-4-2)26-17-18-29-32(23-26)38-31-19-16-25(35-24-12-8-7-9-13-24)22-30(31)34(29)28-15-11-10-14-27(28)33(37)39-34/h7-19,22-23,35H,3-6,20-21H2,1-2H3. The van der Waals surface area contributed by atoms with Gasteiger partial charge in [-0.25, -0.2) is 4.79 Å². The maximum Gasteiger partial charge on any atom is 0.340 e. The summed E-state index contributed by atoms with van der Waals surface area (Å²) in [5.41, 5.74) is 5.03. The molecule has 0 amide bonds. The van der Waals surface area contributed by atoms with Gasteiger partial charge < -0.3 is 19.7 Å². The van der Waals surface area contributed by atoms with Gasteiger partial charge in [0.2, 0.25) is 0 Å². The summed E-state index contributed by atoms with van der Waals surface area (Å²) in [6.45, 7) is 6.45. The third kappa shape index (κ3) is 4.42. The molecule has 1 N–H and O–H groups in total. The largest absolute Gasteiger partial charge is 0.456 e. The lowest BCUT2D eigenvalue weighted by Gasteiger charge is -2.37. The van der Waals surface area contributed by atoms with E-state index in [0.29, 0.717) is 11.3 Å². The SMILES string of the molecule is CCCCN(CCCC)c1ccc2c(c1)Oc1ccc(Nc3ccccc3)cc1C21OC(=O)c2ccccc21. The first-order valence-electron chi connectivity index (χ1n) is 14.0. The summed E-state index contributed by atoms with van der Waals surface area (Å²) in [5, 5.41) is 3.48. The van der Waals surface area contributed by atoms with Gasteiger partial charge in [-0.2, -0.15) is 0 Å². The van der Waals surface area contributed by atoms with Gasteiger partial charge in [-0.05, 0) is 61.4 Å². The first-order chi connectivity index (χ1) is 19.1. The minimum Gasteiger partial charge on any atom is -0.456 e. The van der Waals surface area contributed by atoms with Crippen LogP contribution in [0.15, 0.2) is 91.0 Å². The van der Waals surface area contributed by atoms with Crippen molar-refractivity contribution >= 4 is 23.0 Å². The summed E-state index contributed by atoms with van der Waals surface area (Å²) in [4.78, 5) is 15.7. The van der Waals surface area contributed by atoms with Gasteiger partial charge in [0.05, 0.1) is 5.56 Å². The van der Waals surface area contributed by atoms with Gasteiger partial charge in [0.25, 0.3) is 0 Å². The van der Waals surface area contributed by atoms with Gasteiger partial charge in [-0.3, -0.25) is 0 Å². The molecule has 6 rings (SSSR count). The molecule has 5 nitrogen and oxygen atoms in total. The first-order valence-corrected chi connectivity index (χ1v) is 14.0. The minimum absolute atomic E-state index is 0.317.